The molecule has 0 unspecified atom stereocenters. The van der Waals surface area contributed by atoms with Crippen LogP contribution in [0.1, 0.15) is 16.7 Å². The smallest absolute Gasteiger partial charge is 0.170 e. The Balaban J connectivity index is 3.17. The average molecular weight is 200 g/mol. The summed E-state index contributed by atoms with van der Waals surface area (Å²) in [6.07, 6.45) is 0. The van der Waals surface area contributed by atoms with Crippen LogP contribution in [0.15, 0.2) is 23.4 Å². The van der Waals surface area contributed by atoms with Crippen molar-refractivity contribution in [3.63, 3.8) is 0 Å². The molecule has 0 aliphatic carbocycles. The zero-order valence-electron chi connectivity index (χ0n) is 7.37. The summed E-state index contributed by atoms with van der Waals surface area (Å²) in [6.45, 7) is -1.42. The maximum absolute atomic E-state index is 12.3. The standard InChI is InChI=1S/C9H10F2N2O/c10-4-6-1-7(5-11)3-8(2-6)9(12)13-14/h1-3,14H,4-5H2,(H2,12,13). The van der Waals surface area contributed by atoms with Gasteiger partial charge in [0.15, 0.2) is 5.84 Å². The molecule has 0 aliphatic rings. The zero-order valence-corrected chi connectivity index (χ0v) is 7.37. The number of alkyl halides is 2. The molecule has 0 fully saturated rings. The summed E-state index contributed by atoms with van der Waals surface area (Å²) >= 11 is 0. The Morgan fingerprint density at radius 3 is 2.07 bits per heavy atom. The van der Waals surface area contributed by atoms with E-state index in [-0.39, 0.29) is 5.84 Å². The van der Waals surface area contributed by atoms with E-state index in [9.17, 15) is 8.78 Å². The highest BCUT2D eigenvalue weighted by atomic mass is 19.1. The normalized spacial score (nSPS) is 11.7. The molecule has 5 heteroatoms. The molecule has 1 aromatic rings. The summed E-state index contributed by atoms with van der Waals surface area (Å²) in [4.78, 5) is 0. The summed E-state index contributed by atoms with van der Waals surface area (Å²) in [5.74, 6) is -0.157. The number of hydrogen-bond acceptors (Lipinski definition) is 2. The van der Waals surface area contributed by atoms with Crippen LogP contribution in [-0.4, -0.2) is 11.0 Å². The summed E-state index contributed by atoms with van der Waals surface area (Å²) < 4.78 is 24.6. The van der Waals surface area contributed by atoms with Crippen LogP contribution in [0.2, 0.25) is 0 Å². The average Bonchev–Trinajstić information content (AvgIpc) is 2.27. The fraction of sp³-hybridized carbons (Fsp3) is 0.222. The number of halogens is 2. The molecule has 0 atom stereocenters. The molecule has 76 valence electrons. The van der Waals surface area contributed by atoms with Gasteiger partial charge in [0.25, 0.3) is 0 Å². The van der Waals surface area contributed by atoms with Gasteiger partial charge in [-0.3, -0.25) is 0 Å². The third-order valence-corrected chi connectivity index (χ3v) is 1.76. The van der Waals surface area contributed by atoms with Crippen molar-refractivity contribution in [3.05, 3.63) is 34.9 Å². The molecule has 1 aromatic carbocycles. The van der Waals surface area contributed by atoms with Crippen molar-refractivity contribution in [3.8, 4) is 0 Å². The fourth-order valence-electron chi connectivity index (χ4n) is 1.12. The van der Waals surface area contributed by atoms with E-state index in [2.05, 4.69) is 5.16 Å². The van der Waals surface area contributed by atoms with Gasteiger partial charge >= 0.3 is 0 Å². The Kier molecular flexibility index (Phi) is 3.39. The van der Waals surface area contributed by atoms with Gasteiger partial charge in [-0.15, -0.1) is 0 Å². The van der Waals surface area contributed by atoms with Crippen molar-refractivity contribution in [2.75, 3.05) is 0 Å². The largest absolute Gasteiger partial charge is 0.409 e. The van der Waals surface area contributed by atoms with E-state index in [0.29, 0.717) is 16.7 Å². The summed E-state index contributed by atoms with van der Waals surface area (Å²) in [6, 6.07) is 4.22. The molecule has 3 nitrogen and oxygen atoms in total. The molecule has 1 rings (SSSR count). The van der Waals surface area contributed by atoms with Gasteiger partial charge in [0.1, 0.15) is 13.3 Å². The second-order valence-corrected chi connectivity index (χ2v) is 2.79. The molecular weight excluding hydrogens is 190 g/mol. The lowest BCUT2D eigenvalue weighted by molar-refractivity contribution is 0.318. The number of nitrogens with zero attached hydrogens (tertiary/aromatic N) is 1. The van der Waals surface area contributed by atoms with Gasteiger partial charge in [-0.05, 0) is 23.3 Å². The topological polar surface area (TPSA) is 58.6 Å². The predicted molar refractivity (Wildman–Crippen MR) is 48.6 cm³/mol. The van der Waals surface area contributed by atoms with E-state index in [1.165, 1.54) is 18.2 Å². The van der Waals surface area contributed by atoms with Crippen LogP contribution in [0.4, 0.5) is 8.78 Å². The second-order valence-electron chi connectivity index (χ2n) is 2.79. The Bertz CT molecular complexity index is 330. The third-order valence-electron chi connectivity index (χ3n) is 1.76. The maximum atomic E-state index is 12.3. The van der Waals surface area contributed by atoms with Crippen molar-refractivity contribution >= 4 is 5.84 Å². The predicted octanol–water partition coefficient (Wildman–Crippen LogP) is 1.72. The van der Waals surface area contributed by atoms with Gasteiger partial charge in [0.2, 0.25) is 0 Å². The van der Waals surface area contributed by atoms with Crippen LogP contribution in [0.5, 0.6) is 0 Å². The quantitative estimate of drug-likeness (QED) is 0.338. The highest BCUT2D eigenvalue weighted by molar-refractivity contribution is 5.97. The van der Waals surface area contributed by atoms with Crippen molar-refractivity contribution < 1.29 is 14.0 Å². The lowest BCUT2D eigenvalue weighted by Gasteiger charge is -2.04. The van der Waals surface area contributed by atoms with Gasteiger partial charge in [0, 0.05) is 5.56 Å². The lowest BCUT2D eigenvalue weighted by atomic mass is 10.1. The molecule has 0 radical (unpaired) electrons. The van der Waals surface area contributed by atoms with Crippen LogP contribution in [0, 0.1) is 0 Å². The molecule has 0 aliphatic heterocycles. The van der Waals surface area contributed by atoms with Gasteiger partial charge in [0.05, 0.1) is 0 Å². The summed E-state index contributed by atoms with van der Waals surface area (Å²) in [5.41, 5.74) is 6.23. The van der Waals surface area contributed by atoms with Crippen LogP contribution < -0.4 is 5.73 Å². The van der Waals surface area contributed by atoms with Crippen molar-refractivity contribution in [2.45, 2.75) is 13.3 Å². The monoisotopic (exact) mass is 200 g/mol. The molecule has 0 saturated carbocycles. The number of hydrogen-bond donors (Lipinski definition) is 2. The lowest BCUT2D eigenvalue weighted by Crippen LogP contribution is -2.13. The molecule has 0 spiro atoms. The highest BCUT2D eigenvalue weighted by Crippen LogP contribution is 2.12. The molecule has 0 bridgehead atoms. The second kappa shape index (κ2) is 4.55. The van der Waals surface area contributed by atoms with Crippen LogP contribution >= 0.6 is 0 Å². The van der Waals surface area contributed by atoms with E-state index >= 15 is 0 Å². The Labute approximate surface area is 79.8 Å². The number of benzene rings is 1. The third kappa shape index (κ3) is 2.18. The van der Waals surface area contributed by atoms with Crippen molar-refractivity contribution in [1.29, 1.82) is 0 Å². The zero-order chi connectivity index (χ0) is 10.6. The maximum Gasteiger partial charge on any atom is 0.170 e. The first-order valence-electron chi connectivity index (χ1n) is 3.94. The highest BCUT2D eigenvalue weighted by Gasteiger charge is 2.04. The van der Waals surface area contributed by atoms with E-state index in [1.54, 1.807) is 0 Å². The van der Waals surface area contributed by atoms with Crippen molar-refractivity contribution in [1.82, 2.24) is 0 Å². The van der Waals surface area contributed by atoms with E-state index in [1.807, 2.05) is 0 Å². The molecule has 0 amide bonds. The molecule has 3 N–H and O–H groups in total. The van der Waals surface area contributed by atoms with Gasteiger partial charge < -0.3 is 10.9 Å². The van der Waals surface area contributed by atoms with Crippen LogP contribution in [-0.2, 0) is 13.3 Å². The van der Waals surface area contributed by atoms with Crippen LogP contribution in [0.25, 0.3) is 0 Å². The molecular formula is C9H10F2N2O. The van der Waals surface area contributed by atoms with Gasteiger partial charge in [-0.2, -0.15) is 0 Å². The Morgan fingerprint density at radius 2 is 1.71 bits per heavy atom. The first kappa shape index (κ1) is 10.4. The number of nitrogens with two attached hydrogens (primary N) is 1. The van der Waals surface area contributed by atoms with E-state index in [4.69, 9.17) is 10.9 Å². The van der Waals surface area contributed by atoms with Crippen molar-refractivity contribution in [2.24, 2.45) is 10.9 Å². The number of oxime groups is 1. The SMILES string of the molecule is NC(=NO)c1cc(CF)cc(CF)c1. The van der Waals surface area contributed by atoms with Gasteiger partial charge in [-0.25, -0.2) is 8.78 Å². The van der Waals surface area contributed by atoms with E-state index in [0.717, 1.165) is 0 Å². The minimum absolute atomic E-state index is 0.157. The molecule has 0 saturated heterocycles. The Morgan fingerprint density at radius 1 is 1.21 bits per heavy atom. The first-order chi connectivity index (χ1) is 6.71. The van der Waals surface area contributed by atoms with E-state index < -0.39 is 13.3 Å². The summed E-state index contributed by atoms with van der Waals surface area (Å²) in [7, 11) is 0. The number of rotatable bonds is 3. The molecule has 14 heavy (non-hydrogen) atoms. The number of amidine groups is 1. The summed E-state index contributed by atoms with van der Waals surface area (Å²) in [5, 5.41) is 11.1. The minimum Gasteiger partial charge on any atom is -0.409 e. The first-order valence-corrected chi connectivity index (χ1v) is 3.94. The molecule has 0 aromatic heterocycles. The van der Waals surface area contributed by atoms with Gasteiger partial charge in [-0.1, -0.05) is 11.2 Å². The molecule has 0 heterocycles. The van der Waals surface area contributed by atoms with Crippen LogP contribution in [0.3, 0.4) is 0 Å². The Hall–Kier alpha value is -1.65. The minimum atomic E-state index is -0.709. The fourth-order valence-corrected chi connectivity index (χ4v) is 1.12.